The molecule has 0 aliphatic rings. The Kier molecular flexibility index (Phi) is 5.83. The molecule has 6 nitrogen and oxygen atoms in total. The van der Waals surface area contributed by atoms with Crippen molar-refractivity contribution in [2.75, 3.05) is 18.9 Å². The first-order valence-electron chi connectivity index (χ1n) is 7.00. The zero-order chi connectivity index (χ0) is 15.9. The third-order valence-corrected chi connectivity index (χ3v) is 4.05. The Hall–Kier alpha value is -2.02. The summed E-state index contributed by atoms with van der Waals surface area (Å²) < 4.78 is 7.44. The molecule has 1 aromatic heterocycles. The van der Waals surface area contributed by atoms with Gasteiger partial charge in [0.05, 0.1) is 12.3 Å². The molecule has 0 saturated heterocycles. The van der Waals surface area contributed by atoms with E-state index >= 15 is 0 Å². The van der Waals surface area contributed by atoms with Crippen molar-refractivity contribution in [3.8, 4) is 5.75 Å². The van der Waals surface area contributed by atoms with Gasteiger partial charge in [0.1, 0.15) is 18.7 Å². The lowest BCUT2D eigenvalue weighted by Gasteiger charge is -2.10. The lowest BCUT2D eigenvalue weighted by atomic mass is 10.1. The zero-order valence-corrected chi connectivity index (χ0v) is 13.8. The molecule has 0 saturated carbocycles. The molecule has 2 rings (SSSR count). The van der Waals surface area contributed by atoms with Crippen LogP contribution in [0.3, 0.4) is 0 Å². The van der Waals surface area contributed by atoms with E-state index in [1.54, 1.807) is 10.9 Å². The fourth-order valence-corrected chi connectivity index (χ4v) is 2.62. The first-order chi connectivity index (χ1) is 10.6. The molecule has 0 bridgehead atoms. The highest BCUT2D eigenvalue weighted by atomic mass is 32.2. The molecule has 0 atom stereocenters. The molecule has 1 N–H and O–H groups in total. The van der Waals surface area contributed by atoms with Crippen LogP contribution in [0.5, 0.6) is 5.75 Å². The number of carbonyl (C=O) groups excluding carboxylic acids is 1. The first kappa shape index (κ1) is 16.4. The summed E-state index contributed by atoms with van der Waals surface area (Å²) in [5, 5.41) is 11.2. The van der Waals surface area contributed by atoms with Gasteiger partial charge in [-0.15, -0.1) is 10.2 Å². The predicted octanol–water partition coefficient (Wildman–Crippen LogP) is 1.72. The molecule has 118 valence electrons. The van der Waals surface area contributed by atoms with Gasteiger partial charge in [-0.05, 0) is 25.5 Å². The van der Waals surface area contributed by atoms with Gasteiger partial charge in [-0.1, -0.05) is 29.5 Å². The molecule has 1 amide bonds. The number of thioether (sulfide) groups is 1. The Morgan fingerprint density at radius 3 is 2.91 bits per heavy atom. The molecular formula is C15H20N4O2S. The summed E-state index contributed by atoms with van der Waals surface area (Å²) in [6, 6.07) is 6.04. The second-order valence-corrected chi connectivity index (χ2v) is 5.92. The molecule has 22 heavy (non-hydrogen) atoms. The normalized spacial score (nSPS) is 10.5. The summed E-state index contributed by atoms with van der Waals surface area (Å²) >= 11 is 1.36. The van der Waals surface area contributed by atoms with Gasteiger partial charge in [-0.2, -0.15) is 0 Å². The average Bonchev–Trinajstić information content (AvgIpc) is 2.88. The highest BCUT2D eigenvalue weighted by Gasteiger charge is 2.06. The molecule has 0 aliphatic heterocycles. The van der Waals surface area contributed by atoms with Crippen LogP contribution in [0.25, 0.3) is 0 Å². The quantitative estimate of drug-likeness (QED) is 0.621. The van der Waals surface area contributed by atoms with Gasteiger partial charge >= 0.3 is 0 Å². The SMILES string of the molecule is Cc1ccc(OCCNC(=O)CSc2nncn2C)c(C)c1. The Labute approximate surface area is 134 Å². The van der Waals surface area contributed by atoms with E-state index in [1.807, 2.05) is 33.0 Å². The number of nitrogens with zero attached hydrogens (tertiary/aromatic N) is 3. The number of hydrogen-bond donors (Lipinski definition) is 1. The summed E-state index contributed by atoms with van der Waals surface area (Å²) in [4.78, 5) is 11.7. The molecule has 0 radical (unpaired) electrons. The fraction of sp³-hybridized carbons (Fsp3) is 0.400. The molecule has 1 aromatic carbocycles. The number of amides is 1. The Morgan fingerprint density at radius 2 is 2.23 bits per heavy atom. The van der Waals surface area contributed by atoms with Crippen LogP contribution in [0.2, 0.25) is 0 Å². The highest BCUT2D eigenvalue weighted by Crippen LogP contribution is 2.18. The molecule has 0 spiro atoms. The lowest BCUT2D eigenvalue weighted by Crippen LogP contribution is -2.29. The van der Waals surface area contributed by atoms with Crippen LogP contribution in [0.15, 0.2) is 29.7 Å². The number of aryl methyl sites for hydroxylation is 3. The minimum absolute atomic E-state index is 0.0442. The fourth-order valence-electron chi connectivity index (χ4n) is 1.90. The van der Waals surface area contributed by atoms with Gasteiger partial charge in [-0.25, -0.2) is 0 Å². The van der Waals surface area contributed by atoms with Crippen molar-refractivity contribution in [2.24, 2.45) is 7.05 Å². The number of benzene rings is 1. The zero-order valence-electron chi connectivity index (χ0n) is 13.0. The van der Waals surface area contributed by atoms with E-state index in [4.69, 9.17) is 4.74 Å². The third kappa shape index (κ3) is 4.77. The van der Waals surface area contributed by atoms with Crippen LogP contribution < -0.4 is 10.1 Å². The number of nitrogens with one attached hydrogen (secondary N) is 1. The maximum absolute atomic E-state index is 11.7. The highest BCUT2D eigenvalue weighted by molar-refractivity contribution is 7.99. The monoisotopic (exact) mass is 320 g/mol. The predicted molar refractivity (Wildman–Crippen MR) is 86.1 cm³/mol. The van der Waals surface area contributed by atoms with E-state index in [-0.39, 0.29) is 5.91 Å². The van der Waals surface area contributed by atoms with Gasteiger partial charge in [0, 0.05) is 7.05 Å². The van der Waals surface area contributed by atoms with Gasteiger partial charge in [0.25, 0.3) is 0 Å². The van der Waals surface area contributed by atoms with Gasteiger partial charge in [0.2, 0.25) is 5.91 Å². The van der Waals surface area contributed by atoms with Gasteiger partial charge < -0.3 is 14.6 Å². The number of ether oxygens (including phenoxy) is 1. The van der Waals surface area contributed by atoms with Gasteiger partial charge in [-0.3, -0.25) is 4.79 Å². The largest absolute Gasteiger partial charge is 0.491 e. The summed E-state index contributed by atoms with van der Waals surface area (Å²) in [6.07, 6.45) is 1.61. The van der Waals surface area contributed by atoms with Crippen LogP contribution in [-0.4, -0.2) is 39.6 Å². The second-order valence-electron chi connectivity index (χ2n) is 4.98. The molecule has 0 aliphatic carbocycles. The van der Waals surface area contributed by atoms with E-state index in [0.717, 1.165) is 16.5 Å². The van der Waals surface area contributed by atoms with Crippen LogP contribution in [0.4, 0.5) is 0 Å². The van der Waals surface area contributed by atoms with Crippen molar-refractivity contribution in [3.63, 3.8) is 0 Å². The molecular weight excluding hydrogens is 300 g/mol. The van der Waals surface area contributed by atoms with E-state index in [1.165, 1.54) is 17.3 Å². The maximum Gasteiger partial charge on any atom is 0.230 e. The van der Waals surface area contributed by atoms with Crippen molar-refractivity contribution in [1.29, 1.82) is 0 Å². The Morgan fingerprint density at radius 1 is 1.41 bits per heavy atom. The van der Waals surface area contributed by atoms with Crippen LogP contribution >= 0.6 is 11.8 Å². The smallest absolute Gasteiger partial charge is 0.230 e. The summed E-state index contributed by atoms with van der Waals surface area (Å²) in [5.74, 6) is 1.13. The molecule has 7 heteroatoms. The van der Waals surface area contributed by atoms with E-state index in [2.05, 4.69) is 21.6 Å². The lowest BCUT2D eigenvalue weighted by molar-refractivity contribution is -0.118. The minimum atomic E-state index is -0.0442. The number of rotatable bonds is 7. The summed E-state index contributed by atoms with van der Waals surface area (Å²) in [7, 11) is 1.85. The van der Waals surface area contributed by atoms with E-state index in [0.29, 0.717) is 18.9 Å². The molecule has 0 fully saturated rings. The van der Waals surface area contributed by atoms with Crippen molar-refractivity contribution in [2.45, 2.75) is 19.0 Å². The standard InChI is InChI=1S/C15H20N4O2S/c1-11-4-5-13(12(2)8-11)21-7-6-16-14(20)9-22-15-18-17-10-19(15)3/h4-5,8,10H,6-7,9H2,1-3H3,(H,16,20). The average molecular weight is 320 g/mol. The van der Waals surface area contributed by atoms with Crippen molar-refractivity contribution in [1.82, 2.24) is 20.1 Å². The van der Waals surface area contributed by atoms with Crippen molar-refractivity contribution in [3.05, 3.63) is 35.7 Å². The van der Waals surface area contributed by atoms with Crippen LogP contribution in [0, 0.1) is 13.8 Å². The third-order valence-electron chi connectivity index (χ3n) is 3.01. The Balaban J connectivity index is 1.66. The number of carbonyl (C=O) groups is 1. The minimum Gasteiger partial charge on any atom is -0.491 e. The van der Waals surface area contributed by atoms with E-state index in [9.17, 15) is 4.79 Å². The first-order valence-corrected chi connectivity index (χ1v) is 7.98. The second kappa shape index (κ2) is 7.84. The number of hydrogen-bond acceptors (Lipinski definition) is 5. The maximum atomic E-state index is 11.7. The van der Waals surface area contributed by atoms with E-state index < -0.39 is 0 Å². The molecule has 0 unspecified atom stereocenters. The molecule has 2 aromatic rings. The topological polar surface area (TPSA) is 69.0 Å². The molecule has 1 heterocycles. The summed E-state index contributed by atoms with van der Waals surface area (Å²) in [5.41, 5.74) is 2.31. The van der Waals surface area contributed by atoms with Crippen LogP contribution in [-0.2, 0) is 11.8 Å². The number of aromatic nitrogens is 3. The van der Waals surface area contributed by atoms with Crippen molar-refractivity contribution < 1.29 is 9.53 Å². The Bertz CT molecular complexity index is 642. The summed E-state index contributed by atoms with van der Waals surface area (Å²) in [6.45, 7) is 4.99. The van der Waals surface area contributed by atoms with Crippen LogP contribution in [0.1, 0.15) is 11.1 Å². The van der Waals surface area contributed by atoms with Gasteiger partial charge in [0.15, 0.2) is 5.16 Å². The van der Waals surface area contributed by atoms with Crippen molar-refractivity contribution >= 4 is 17.7 Å².